The monoisotopic (exact) mass is 490 g/mol. The summed E-state index contributed by atoms with van der Waals surface area (Å²) in [6.45, 7) is 4.30. The predicted molar refractivity (Wildman–Crippen MR) is 134 cm³/mol. The van der Waals surface area contributed by atoms with Crippen LogP contribution in [0.4, 0.5) is 0 Å². The Morgan fingerprint density at radius 1 is 0.353 bits per heavy atom. The van der Waals surface area contributed by atoms with Crippen molar-refractivity contribution in [1.29, 1.82) is 0 Å². The summed E-state index contributed by atoms with van der Waals surface area (Å²) in [7, 11) is 0. The zero-order chi connectivity index (χ0) is 26.5. The van der Waals surface area contributed by atoms with Gasteiger partial charge in [0, 0.05) is 25.7 Å². The van der Waals surface area contributed by atoms with Gasteiger partial charge < -0.3 is 20.4 Å². The summed E-state index contributed by atoms with van der Waals surface area (Å²) >= 11 is 0. The fourth-order valence-electron chi connectivity index (χ4n) is 3.02. The number of carboxylic acid groups (broad SMARTS) is 4. The second-order valence-electron chi connectivity index (χ2n) is 8.52. The number of hydrogen-bond acceptors (Lipinski definition) is 4. The van der Waals surface area contributed by atoms with Crippen molar-refractivity contribution in [2.45, 2.75) is 142 Å². The van der Waals surface area contributed by atoms with Crippen LogP contribution in [0.1, 0.15) is 142 Å². The minimum absolute atomic E-state index is 0.245. The molecule has 0 fully saturated rings. The van der Waals surface area contributed by atoms with Crippen LogP contribution in [0.25, 0.3) is 0 Å². The molecule has 202 valence electrons. The molecule has 0 atom stereocenters. The number of carbonyl (C=O) groups is 4. The summed E-state index contributed by atoms with van der Waals surface area (Å²) in [5.74, 6) is -2.82. The highest BCUT2D eigenvalue weighted by Gasteiger charge is 1.98. The lowest BCUT2D eigenvalue weighted by atomic mass is 10.1. The summed E-state index contributed by atoms with van der Waals surface area (Å²) in [6.07, 6.45) is 17.6. The lowest BCUT2D eigenvalue weighted by Gasteiger charge is -1.98. The molecule has 0 aromatic rings. The summed E-state index contributed by atoms with van der Waals surface area (Å²) in [6, 6.07) is 0. The quantitative estimate of drug-likeness (QED) is 0.124. The van der Waals surface area contributed by atoms with Crippen molar-refractivity contribution in [2.24, 2.45) is 0 Å². The Balaban J connectivity index is -0.000000434. The molecule has 0 unspecified atom stereocenters. The zero-order valence-electron chi connectivity index (χ0n) is 21.6. The maximum atomic E-state index is 10.1. The minimum Gasteiger partial charge on any atom is -0.481 e. The van der Waals surface area contributed by atoms with E-state index in [1.807, 2.05) is 0 Å². The van der Waals surface area contributed by atoms with Crippen LogP contribution in [-0.2, 0) is 19.2 Å². The van der Waals surface area contributed by atoms with E-state index in [2.05, 4.69) is 13.8 Å². The van der Waals surface area contributed by atoms with Gasteiger partial charge in [-0.15, -0.1) is 0 Å². The van der Waals surface area contributed by atoms with Crippen molar-refractivity contribution in [3.05, 3.63) is 0 Å². The van der Waals surface area contributed by atoms with Gasteiger partial charge in [0.2, 0.25) is 0 Å². The van der Waals surface area contributed by atoms with Gasteiger partial charge >= 0.3 is 23.9 Å². The number of carboxylic acids is 4. The Hall–Kier alpha value is -2.12. The normalized spacial score (nSPS) is 9.82. The van der Waals surface area contributed by atoms with E-state index in [0.29, 0.717) is 12.8 Å². The molecule has 0 aromatic heterocycles. The standard InChI is InChI=1S/C10H18O4.2C8H16O2/c11-9(12)7-5-3-1-2-4-6-8-10(13)14;2*1-2-3-4-5-6-7-8(9)10/h1-8H2,(H,11,12)(H,13,14);2*2-7H2,1H3,(H,9,10). The van der Waals surface area contributed by atoms with Gasteiger partial charge in [0.25, 0.3) is 0 Å². The zero-order valence-corrected chi connectivity index (χ0v) is 21.6. The van der Waals surface area contributed by atoms with Crippen LogP contribution < -0.4 is 0 Å². The third kappa shape index (κ3) is 47.6. The first-order valence-electron chi connectivity index (χ1n) is 13.0. The molecule has 0 spiro atoms. The topological polar surface area (TPSA) is 149 Å². The molecule has 0 saturated carbocycles. The maximum absolute atomic E-state index is 10.1. The number of unbranched alkanes of at least 4 members (excludes halogenated alkanes) is 13. The Kier molecular flexibility index (Phi) is 33.1. The molecule has 0 aliphatic rings. The van der Waals surface area contributed by atoms with Crippen molar-refractivity contribution in [2.75, 3.05) is 0 Å². The second kappa shape index (κ2) is 30.9. The van der Waals surface area contributed by atoms with E-state index in [0.717, 1.165) is 64.2 Å². The van der Waals surface area contributed by atoms with Crippen LogP contribution >= 0.6 is 0 Å². The number of rotatable bonds is 21. The fraction of sp³-hybridized carbons (Fsp3) is 0.846. The van der Waals surface area contributed by atoms with Gasteiger partial charge in [0.05, 0.1) is 0 Å². The van der Waals surface area contributed by atoms with E-state index in [1.54, 1.807) is 0 Å². The number of aliphatic carboxylic acids is 4. The molecule has 8 nitrogen and oxygen atoms in total. The molecule has 0 aliphatic heterocycles. The minimum atomic E-state index is -0.740. The Labute approximate surface area is 206 Å². The summed E-state index contributed by atoms with van der Waals surface area (Å²) in [5, 5.41) is 33.2. The van der Waals surface area contributed by atoms with Crippen LogP contribution in [0, 0.1) is 0 Å². The summed E-state index contributed by atoms with van der Waals surface area (Å²) in [4.78, 5) is 40.4. The Morgan fingerprint density at radius 3 is 0.706 bits per heavy atom. The van der Waals surface area contributed by atoms with E-state index < -0.39 is 23.9 Å². The van der Waals surface area contributed by atoms with Gasteiger partial charge in [0.15, 0.2) is 0 Å². The van der Waals surface area contributed by atoms with E-state index in [4.69, 9.17) is 20.4 Å². The lowest BCUT2D eigenvalue weighted by molar-refractivity contribution is -0.138. The first-order valence-corrected chi connectivity index (χ1v) is 13.0. The largest absolute Gasteiger partial charge is 0.481 e. The molecule has 0 bridgehead atoms. The molecule has 4 N–H and O–H groups in total. The van der Waals surface area contributed by atoms with E-state index in [-0.39, 0.29) is 12.8 Å². The highest BCUT2D eigenvalue weighted by molar-refractivity contribution is 5.67. The summed E-state index contributed by atoms with van der Waals surface area (Å²) in [5.41, 5.74) is 0. The second-order valence-corrected chi connectivity index (χ2v) is 8.52. The molecule has 0 aromatic carbocycles. The summed E-state index contributed by atoms with van der Waals surface area (Å²) < 4.78 is 0. The van der Waals surface area contributed by atoms with E-state index >= 15 is 0 Å². The van der Waals surface area contributed by atoms with Gasteiger partial charge in [-0.05, 0) is 25.7 Å². The SMILES string of the molecule is CCCCCCCC(=O)O.CCCCCCCC(=O)O.O=C(O)CCCCCCCCC(=O)O. The average molecular weight is 491 g/mol. The van der Waals surface area contributed by atoms with Gasteiger partial charge in [-0.3, -0.25) is 19.2 Å². The van der Waals surface area contributed by atoms with Crippen molar-refractivity contribution >= 4 is 23.9 Å². The predicted octanol–water partition coefficient (Wildman–Crippen LogP) is 7.14. The molecule has 0 heterocycles. The third-order valence-electron chi connectivity index (χ3n) is 5.02. The molecule has 0 rings (SSSR count). The maximum Gasteiger partial charge on any atom is 0.303 e. The van der Waals surface area contributed by atoms with E-state index in [1.165, 1.54) is 38.5 Å². The van der Waals surface area contributed by atoms with Crippen LogP contribution in [-0.4, -0.2) is 44.3 Å². The molecule has 0 radical (unpaired) electrons. The van der Waals surface area contributed by atoms with Crippen LogP contribution in [0.3, 0.4) is 0 Å². The molecular weight excluding hydrogens is 440 g/mol. The molecule has 0 aliphatic carbocycles. The molecule has 34 heavy (non-hydrogen) atoms. The smallest absolute Gasteiger partial charge is 0.303 e. The number of hydrogen-bond donors (Lipinski definition) is 4. The van der Waals surface area contributed by atoms with Crippen molar-refractivity contribution < 1.29 is 39.6 Å². The molecule has 8 heteroatoms. The van der Waals surface area contributed by atoms with Gasteiger partial charge in [-0.1, -0.05) is 90.9 Å². The highest BCUT2D eigenvalue weighted by Crippen LogP contribution is 2.08. The highest BCUT2D eigenvalue weighted by atomic mass is 16.4. The molecule has 0 saturated heterocycles. The average Bonchev–Trinajstić information content (AvgIpc) is 2.75. The van der Waals surface area contributed by atoms with Crippen LogP contribution in [0.2, 0.25) is 0 Å². The molecule has 0 amide bonds. The Bertz CT molecular complexity index is 447. The van der Waals surface area contributed by atoms with Crippen LogP contribution in [0.15, 0.2) is 0 Å². The molecular formula is C26H50O8. The van der Waals surface area contributed by atoms with E-state index in [9.17, 15) is 19.2 Å². The van der Waals surface area contributed by atoms with Crippen molar-refractivity contribution in [3.8, 4) is 0 Å². The first kappa shape index (κ1) is 36.4. The van der Waals surface area contributed by atoms with Crippen molar-refractivity contribution in [3.63, 3.8) is 0 Å². The van der Waals surface area contributed by atoms with Gasteiger partial charge in [-0.2, -0.15) is 0 Å². The van der Waals surface area contributed by atoms with Gasteiger partial charge in [0.1, 0.15) is 0 Å². The third-order valence-corrected chi connectivity index (χ3v) is 5.02. The lowest BCUT2D eigenvalue weighted by Crippen LogP contribution is -1.94. The first-order chi connectivity index (χ1) is 16.2. The Morgan fingerprint density at radius 2 is 0.529 bits per heavy atom. The van der Waals surface area contributed by atoms with Gasteiger partial charge in [-0.25, -0.2) is 0 Å². The van der Waals surface area contributed by atoms with Crippen molar-refractivity contribution in [1.82, 2.24) is 0 Å². The van der Waals surface area contributed by atoms with Crippen LogP contribution in [0.5, 0.6) is 0 Å². The fourth-order valence-corrected chi connectivity index (χ4v) is 3.02.